The minimum absolute atomic E-state index is 0.0567. The summed E-state index contributed by atoms with van der Waals surface area (Å²) in [5.74, 6) is 1.54. The van der Waals surface area contributed by atoms with Gasteiger partial charge in [0.05, 0.1) is 14.2 Å². The van der Waals surface area contributed by atoms with Crippen LogP contribution in [0.5, 0.6) is 11.5 Å². The summed E-state index contributed by atoms with van der Waals surface area (Å²) in [6, 6.07) is 12.4. The van der Waals surface area contributed by atoms with Gasteiger partial charge in [0.25, 0.3) is 0 Å². The molecular weight excluding hydrogens is 376 g/mol. The molecule has 2 aromatic carbocycles. The first-order valence-corrected chi connectivity index (χ1v) is 10.7. The van der Waals surface area contributed by atoms with E-state index in [0.717, 1.165) is 49.0 Å². The number of carbonyl (C=O) groups excluding carboxylic acids is 1. The summed E-state index contributed by atoms with van der Waals surface area (Å²) in [4.78, 5) is 18.6. The zero-order valence-corrected chi connectivity index (χ0v) is 18.0. The molecule has 1 saturated heterocycles. The fourth-order valence-electron chi connectivity index (χ4n) is 4.57. The van der Waals surface area contributed by atoms with Crippen LogP contribution in [0.15, 0.2) is 42.6 Å². The summed E-state index contributed by atoms with van der Waals surface area (Å²) in [5, 5.41) is 1.18. The molecule has 3 aromatic rings. The van der Waals surface area contributed by atoms with Crippen LogP contribution in [0.2, 0.25) is 0 Å². The molecule has 0 unspecified atom stereocenters. The van der Waals surface area contributed by atoms with E-state index < -0.39 is 0 Å². The van der Waals surface area contributed by atoms with Crippen LogP contribution in [0.4, 0.5) is 0 Å². The Kier molecular flexibility index (Phi) is 5.98. The predicted octanol–water partition coefficient (Wildman–Crippen LogP) is 4.89. The number of hydrogen-bond acceptors (Lipinski definition) is 3. The third-order valence-electron chi connectivity index (χ3n) is 6.24. The Bertz CT molecular complexity index is 1030. The molecule has 30 heavy (non-hydrogen) atoms. The minimum atomic E-state index is -0.0567. The smallest absolute Gasteiger partial charge is 0.223 e. The third-order valence-corrected chi connectivity index (χ3v) is 6.24. The summed E-state index contributed by atoms with van der Waals surface area (Å²) >= 11 is 0. The molecule has 1 aliphatic heterocycles. The maximum atomic E-state index is 13.1. The van der Waals surface area contributed by atoms with Gasteiger partial charge in [-0.15, -0.1) is 0 Å². The number of nitrogens with one attached hydrogen (secondary N) is 1. The number of rotatable bonds is 7. The molecule has 0 aliphatic carbocycles. The quantitative estimate of drug-likeness (QED) is 0.608. The number of hydrogen-bond donors (Lipinski definition) is 1. The number of benzene rings is 2. The van der Waals surface area contributed by atoms with Gasteiger partial charge in [-0.25, -0.2) is 0 Å². The molecular formula is C25H30N2O3. The van der Waals surface area contributed by atoms with Crippen LogP contribution < -0.4 is 9.47 Å². The van der Waals surface area contributed by atoms with Crippen molar-refractivity contribution in [3.63, 3.8) is 0 Å². The van der Waals surface area contributed by atoms with Crippen LogP contribution in [0.25, 0.3) is 10.9 Å². The van der Waals surface area contributed by atoms with Gasteiger partial charge in [0.15, 0.2) is 11.5 Å². The van der Waals surface area contributed by atoms with E-state index in [1.54, 1.807) is 14.2 Å². The molecule has 0 saturated carbocycles. The summed E-state index contributed by atoms with van der Waals surface area (Å²) < 4.78 is 11.0. The highest BCUT2D eigenvalue weighted by atomic mass is 16.5. The van der Waals surface area contributed by atoms with Gasteiger partial charge in [-0.3, -0.25) is 4.79 Å². The number of fused-ring (bicyclic) bond motifs is 1. The van der Waals surface area contributed by atoms with E-state index >= 15 is 0 Å². The fourth-order valence-corrected chi connectivity index (χ4v) is 4.57. The van der Waals surface area contributed by atoms with Crippen LogP contribution in [0.3, 0.4) is 0 Å². The second-order valence-corrected chi connectivity index (χ2v) is 7.90. The lowest BCUT2D eigenvalue weighted by Crippen LogP contribution is -2.29. The Morgan fingerprint density at radius 1 is 1.10 bits per heavy atom. The summed E-state index contributed by atoms with van der Waals surface area (Å²) in [7, 11) is 3.28. The number of para-hydroxylation sites is 1. The number of aromatic amines is 1. The molecule has 0 bridgehead atoms. The van der Waals surface area contributed by atoms with Crippen molar-refractivity contribution in [1.29, 1.82) is 0 Å². The lowest BCUT2D eigenvalue weighted by molar-refractivity contribution is -0.130. The Morgan fingerprint density at radius 2 is 1.87 bits per heavy atom. The SMILES string of the molecule is CCc1cccc2c([C@@H](CC(=O)N3CCCC3)c3ccc(OC)c(OC)c3)c[nH]c12. The highest BCUT2D eigenvalue weighted by Gasteiger charge is 2.26. The molecule has 5 heteroatoms. The second kappa shape index (κ2) is 8.82. The van der Waals surface area contributed by atoms with Crippen molar-refractivity contribution in [3.05, 3.63) is 59.3 Å². The Morgan fingerprint density at radius 3 is 2.57 bits per heavy atom. The number of nitrogens with zero attached hydrogens (tertiary/aromatic N) is 1. The monoisotopic (exact) mass is 406 g/mol. The molecule has 5 nitrogen and oxygen atoms in total. The van der Waals surface area contributed by atoms with Gasteiger partial charge in [0, 0.05) is 42.5 Å². The first kappa shape index (κ1) is 20.3. The van der Waals surface area contributed by atoms with Crippen molar-refractivity contribution < 1.29 is 14.3 Å². The fraction of sp³-hybridized carbons (Fsp3) is 0.400. The summed E-state index contributed by atoms with van der Waals surface area (Å²) in [6.45, 7) is 3.90. The maximum absolute atomic E-state index is 13.1. The largest absolute Gasteiger partial charge is 0.493 e. The number of carbonyl (C=O) groups is 1. The molecule has 1 fully saturated rings. The number of methoxy groups -OCH3 is 2. The van der Waals surface area contributed by atoms with E-state index in [1.807, 2.05) is 23.1 Å². The molecule has 1 amide bonds. The van der Waals surface area contributed by atoms with E-state index in [2.05, 4.69) is 36.3 Å². The number of aryl methyl sites for hydroxylation is 1. The van der Waals surface area contributed by atoms with Crippen molar-refractivity contribution >= 4 is 16.8 Å². The zero-order chi connectivity index (χ0) is 21.1. The lowest BCUT2D eigenvalue weighted by atomic mass is 9.87. The van der Waals surface area contributed by atoms with Gasteiger partial charge < -0.3 is 19.4 Å². The van der Waals surface area contributed by atoms with E-state index in [9.17, 15) is 4.79 Å². The van der Waals surface area contributed by atoms with Crippen molar-refractivity contribution in [2.45, 2.75) is 38.5 Å². The molecule has 1 aromatic heterocycles. The molecule has 1 aliphatic rings. The minimum Gasteiger partial charge on any atom is -0.493 e. The molecule has 1 atom stereocenters. The van der Waals surface area contributed by atoms with Crippen LogP contribution >= 0.6 is 0 Å². The van der Waals surface area contributed by atoms with Crippen molar-refractivity contribution in [2.24, 2.45) is 0 Å². The van der Waals surface area contributed by atoms with Gasteiger partial charge in [0.1, 0.15) is 0 Å². The van der Waals surface area contributed by atoms with Gasteiger partial charge >= 0.3 is 0 Å². The Balaban J connectivity index is 1.79. The number of amides is 1. The number of H-pyrrole nitrogens is 1. The normalized spacial score (nSPS) is 14.8. The molecule has 0 radical (unpaired) electrons. The van der Waals surface area contributed by atoms with Crippen molar-refractivity contribution in [3.8, 4) is 11.5 Å². The second-order valence-electron chi connectivity index (χ2n) is 7.90. The van der Waals surface area contributed by atoms with Crippen LogP contribution in [-0.4, -0.2) is 43.1 Å². The Hall–Kier alpha value is -2.95. The van der Waals surface area contributed by atoms with Gasteiger partial charge in [-0.2, -0.15) is 0 Å². The van der Waals surface area contributed by atoms with E-state index in [0.29, 0.717) is 17.9 Å². The molecule has 158 valence electrons. The summed E-state index contributed by atoms with van der Waals surface area (Å²) in [6.07, 6.45) is 5.67. The average molecular weight is 407 g/mol. The highest BCUT2D eigenvalue weighted by Crippen LogP contribution is 2.38. The number of likely N-dealkylation sites (tertiary alicyclic amines) is 1. The van der Waals surface area contributed by atoms with E-state index in [4.69, 9.17) is 9.47 Å². The molecule has 4 rings (SSSR count). The van der Waals surface area contributed by atoms with Crippen LogP contribution in [-0.2, 0) is 11.2 Å². The molecule has 0 spiro atoms. The molecule has 2 heterocycles. The van der Waals surface area contributed by atoms with Gasteiger partial charge in [0.2, 0.25) is 5.91 Å². The van der Waals surface area contributed by atoms with Gasteiger partial charge in [-0.1, -0.05) is 31.2 Å². The lowest BCUT2D eigenvalue weighted by Gasteiger charge is -2.22. The topological polar surface area (TPSA) is 54.6 Å². The standard InChI is InChI=1S/C25H30N2O3/c1-4-17-8-7-9-19-21(16-26-25(17)19)20(15-24(28)27-12-5-6-13-27)18-10-11-22(29-2)23(14-18)30-3/h7-11,14,16,20,26H,4-6,12-13,15H2,1-3H3/t20-/m0/s1. The van der Waals surface area contributed by atoms with Crippen molar-refractivity contribution in [2.75, 3.05) is 27.3 Å². The number of aromatic nitrogens is 1. The molecule has 1 N–H and O–H groups in total. The Labute approximate surface area is 178 Å². The highest BCUT2D eigenvalue weighted by molar-refractivity contribution is 5.88. The van der Waals surface area contributed by atoms with Crippen LogP contribution in [0.1, 0.15) is 48.8 Å². The number of ether oxygens (including phenoxy) is 2. The zero-order valence-electron chi connectivity index (χ0n) is 18.0. The first-order chi connectivity index (χ1) is 14.7. The van der Waals surface area contributed by atoms with E-state index in [1.165, 1.54) is 10.9 Å². The van der Waals surface area contributed by atoms with Crippen LogP contribution in [0, 0.1) is 0 Å². The van der Waals surface area contributed by atoms with E-state index in [-0.39, 0.29) is 11.8 Å². The predicted molar refractivity (Wildman–Crippen MR) is 119 cm³/mol. The maximum Gasteiger partial charge on any atom is 0.223 e. The first-order valence-electron chi connectivity index (χ1n) is 10.7. The van der Waals surface area contributed by atoms with Gasteiger partial charge in [-0.05, 0) is 48.1 Å². The van der Waals surface area contributed by atoms with Crippen molar-refractivity contribution in [1.82, 2.24) is 9.88 Å². The average Bonchev–Trinajstić information content (AvgIpc) is 3.47. The summed E-state index contributed by atoms with van der Waals surface area (Å²) in [5.41, 5.74) is 4.66. The third kappa shape index (κ3) is 3.76.